The molecule has 0 bridgehead atoms. The van der Waals surface area contributed by atoms with Crippen molar-refractivity contribution in [2.45, 2.75) is 0 Å². The van der Waals surface area contributed by atoms with E-state index in [0.717, 1.165) is 32.5 Å². The molecule has 0 unspecified atom stereocenters. The minimum atomic E-state index is -0.745. The van der Waals surface area contributed by atoms with Gasteiger partial charge in [-0.2, -0.15) is 0 Å². The summed E-state index contributed by atoms with van der Waals surface area (Å²) < 4.78 is 124. The van der Waals surface area contributed by atoms with Gasteiger partial charge in [-0.05, 0) is 98.0 Å². The van der Waals surface area contributed by atoms with Crippen molar-refractivity contribution in [1.82, 2.24) is 0 Å². The van der Waals surface area contributed by atoms with E-state index < -0.39 is 95.4 Å². The van der Waals surface area contributed by atoms with Gasteiger partial charge in [0.05, 0.1) is 17.8 Å². The van der Waals surface area contributed by atoms with Crippen LogP contribution in [0.3, 0.4) is 0 Å². The number of benzene rings is 9. The fourth-order valence-electron chi connectivity index (χ4n) is 6.89. The van der Waals surface area contributed by atoms with Crippen molar-refractivity contribution in [2.24, 2.45) is 0 Å². The molecule has 244 valence electrons. The smallest absolute Gasteiger partial charge is 0.143 e. The molecule has 10 aromatic rings. The summed E-state index contributed by atoms with van der Waals surface area (Å²) in [5, 5.41) is 5.10. The number of furan rings is 1. The molecule has 0 saturated heterocycles. The topological polar surface area (TPSA) is 16.4 Å². The third kappa shape index (κ3) is 5.12. The van der Waals surface area contributed by atoms with E-state index in [4.69, 9.17) is 11.3 Å². The fourth-order valence-corrected chi connectivity index (χ4v) is 6.89. The van der Waals surface area contributed by atoms with Crippen LogP contribution in [0.25, 0.3) is 76.9 Å². The molecule has 0 spiro atoms. The van der Waals surface area contributed by atoms with E-state index >= 15 is 0 Å². The molecule has 0 saturated carbocycles. The Hall–Kier alpha value is -6.90. The first kappa shape index (κ1) is 19.5. The Bertz CT molecular complexity index is 3580. The SMILES string of the molecule is [2H]c1c([2H])c([2H])c(-c2c([2H])c([2H])c(N(c3cccc(-c4cccc5oc6c7ccccc7ccc6c45)c3)c3c([2H])c([2H])c(-c4cccc5ccccc45)c([2H])c3[2H])c([2H])c2[2H])c([2H])c1[2H]. The van der Waals surface area contributed by atoms with Crippen LogP contribution in [-0.2, 0) is 0 Å². The van der Waals surface area contributed by atoms with Crippen molar-refractivity contribution in [2.75, 3.05) is 4.90 Å². The molecular formula is C50H33NO. The summed E-state index contributed by atoms with van der Waals surface area (Å²) in [5.41, 5.74) is 1.43. The second-order valence-corrected chi connectivity index (χ2v) is 12.3. The normalized spacial score (nSPS) is 15.0. The Morgan fingerprint density at radius 3 is 1.81 bits per heavy atom. The molecule has 9 aromatic carbocycles. The number of hydrogen-bond acceptors (Lipinski definition) is 2. The fraction of sp³-hybridized carbons (Fsp3) is 0. The van der Waals surface area contributed by atoms with Crippen LogP contribution < -0.4 is 4.90 Å². The van der Waals surface area contributed by atoms with E-state index in [9.17, 15) is 11.0 Å². The van der Waals surface area contributed by atoms with Crippen molar-refractivity contribution >= 4 is 60.5 Å². The lowest BCUT2D eigenvalue weighted by Crippen LogP contribution is -2.10. The molecule has 0 aliphatic heterocycles. The highest BCUT2D eigenvalue weighted by atomic mass is 16.3. The molecule has 52 heavy (non-hydrogen) atoms. The van der Waals surface area contributed by atoms with E-state index in [1.807, 2.05) is 91.0 Å². The minimum absolute atomic E-state index is 0.0244. The molecule has 10 rings (SSSR count). The summed E-state index contributed by atoms with van der Waals surface area (Å²) in [6.45, 7) is 0. The molecule has 1 aromatic heterocycles. The van der Waals surface area contributed by atoms with Crippen molar-refractivity contribution in [3.8, 4) is 33.4 Å². The maximum Gasteiger partial charge on any atom is 0.143 e. The summed E-state index contributed by atoms with van der Waals surface area (Å²) in [6.07, 6.45) is 0. The van der Waals surface area contributed by atoms with E-state index in [2.05, 4.69) is 0 Å². The van der Waals surface area contributed by atoms with Crippen LogP contribution in [0.2, 0.25) is 0 Å². The average molecular weight is 677 g/mol. The number of nitrogens with zero attached hydrogens (tertiary/aromatic N) is 1. The summed E-state index contributed by atoms with van der Waals surface area (Å²) in [7, 11) is 0. The first-order valence-corrected chi connectivity index (χ1v) is 16.7. The maximum absolute atomic E-state index is 9.60. The molecule has 2 nitrogen and oxygen atoms in total. The van der Waals surface area contributed by atoms with Gasteiger partial charge < -0.3 is 9.32 Å². The number of hydrogen-bond donors (Lipinski definition) is 0. The van der Waals surface area contributed by atoms with Crippen molar-refractivity contribution in [3.63, 3.8) is 0 Å². The van der Waals surface area contributed by atoms with Crippen LogP contribution >= 0.6 is 0 Å². The maximum atomic E-state index is 9.60. The van der Waals surface area contributed by atoms with Crippen molar-refractivity contribution < 1.29 is 22.2 Å². The van der Waals surface area contributed by atoms with E-state index in [-0.39, 0.29) is 16.9 Å². The van der Waals surface area contributed by atoms with Crippen LogP contribution in [0.4, 0.5) is 17.1 Å². The molecule has 0 atom stereocenters. The minimum Gasteiger partial charge on any atom is -0.455 e. The van der Waals surface area contributed by atoms with E-state index in [0.29, 0.717) is 27.7 Å². The van der Waals surface area contributed by atoms with E-state index in [1.54, 1.807) is 30.3 Å². The monoisotopic (exact) mass is 676 g/mol. The van der Waals surface area contributed by atoms with Gasteiger partial charge in [-0.1, -0.05) is 151 Å². The third-order valence-electron chi connectivity index (χ3n) is 9.28. The van der Waals surface area contributed by atoms with Crippen LogP contribution in [0, 0.1) is 0 Å². The van der Waals surface area contributed by atoms with Crippen molar-refractivity contribution in [1.29, 1.82) is 0 Å². The van der Waals surface area contributed by atoms with Crippen LogP contribution in [0.5, 0.6) is 0 Å². The predicted molar refractivity (Wildman–Crippen MR) is 220 cm³/mol. The van der Waals surface area contributed by atoms with Gasteiger partial charge in [0.15, 0.2) is 0 Å². The number of anilines is 3. The molecule has 0 radical (unpaired) electrons. The van der Waals surface area contributed by atoms with Gasteiger partial charge in [0.1, 0.15) is 11.2 Å². The van der Waals surface area contributed by atoms with Gasteiger partial charge >= 0.3 is 0 Å². The van der Waals surface area contributed by atoms with E-state index in [1.165, 1.54) is 4.90 Å². The van der Waals surface area contributed by atoms with Gasteiger partial charge in [-0.15, -0.1) is 0 Å². The number of rotatable bonds is 6. The quantitative estimate of drug-likeness (QED) is 0.174. The first-order valence-electron chi connectivity index (χ1n) is 23.2. The Labute approximate surface area is 320 Å². The largest absolute Gasteiger partial charge is 0.455 e. The molecule has 0 N–H and O–H groups in total. The lowest BCUT2D eigenvalue weighted by molar-refractivity contribution is 0.673. The average Bonchev–Trinajstić information content (AvgIpc) is 3.72. The molecule has 1 heterocycles. The lowest BCUT2D eigenvalue weighted by Gasteiger charge is -2.26. The second-order valence-electron chi connectivity index (χ2n) is 12.3. The molecule has 0 fully saturated rings. The van der Waals surface area contributed by atoms with Crippen LogP contribution in [-0.4, -0.2) is 0 Å². The Morgan fingerprint density at radius 2 is 1.02 bits per heavy atom. The molecule has 2 heteroatoms. The second kappa shape index (κ2) is 12.5. The summed E-state index contributed by atoms with van der Waals surface area (Å²) >= 11 is 0. The Balaban J connectivity index is 1.26. The summed E-state index contributed by atoms with van der Waals surface area (Å²) in [4.78, 5) is 1.19. The van der Waals surface area contributed by atoms with Gasteiger partial charge in [-0.25, -0.2) is 0 Å². The molecule has 0 aliphatic carbocycles. The zero-order valence-electron chi connectivity index (χ0n) is 40.4. The summed E-state index contributed by atoms with van der Waals surface area (Å²) in [5.74, 6) is 0. The van der Waals surface area contributed by atoms with Crippen LogP contribution in [0.1, 0.15) is 17.8 Å². The van der Waals surface area contributed by atoms with Crippen LogP contribution in [0.15, 0.2) is 204 Å². The Morgan fingerprint density at radius 1 is 0.404 bits per heavy atom. The van der Waals surface area contributed by atoms with Crippen molar-refractivity contribution in [3.05, 3.63) is 200 Å². The zero-order chi connectivity index (χ0) is 45.7. The highest BCUT2D eigenvalue weighted by molar-refractivity contribution is 6.19. The van der Waals surface area contributed by atoms with Gasteiger partial charge in [-0.3, -0.25) is 0 Å². The first-order chi connectivity index (χ1) is 31.2. The predicted octanol–water partition coefficient (Wildman–Crippen LogP) is 14.4. The van der Waals surface area contributed by atoms with Gasteiger partial charge in [0.2, 0.25) is 0 Å². The zero-order valence-corrected chi connectivity index (χ0v) is 27.4. The highest BCUT2D eigenvalue weighted by Crippen LogP contribution is 2.42. The third-order valence-corrected chi connectivity index (χ3v) is 9.28. The van der Waals surface area contributed by atoms with Gasteiger partial charge in [0.25, 0.3) is 0 Å². The lowest BCUT2D eigenvalue weighted by atomic mass is 9.97. The number of fused-ring (bicyclic) bond motifs is 6. The van der Waals surface area contributed by atoms with Gasteiger partial charge in [0, 0.05) is 33.2 Å². The molecule has 0 aliphatic rings. The molecule has 0 amide bonds. The Kier molecular flexibility index (Phi) is 4.67. The standard InChI is InChI=1S/C50H33NO/c1-2-11-34(12-3-1)35-23-28-40(29-24-35)51(41-30-25-38(26-31-41)44-20-9-15-36-13-4-6-18-43(36)44)42-17-8-16-39(33-42)45-21-10-22-48-49(45)47-32-27-37-14-5-7-19-46(37)50(47)52-48/h1-33H/i1D,2D,3D,11D,12D,23D,24D,25D,26D,28D,29D,30D,31D. The molecular weight excluding hydrogens is 631 g/mol. The highest BCUT2D eigenvalue weighted by Gasteiger charge is 2.18. The summed E-state index contributed by atoms with van der Waals surface area (Å²) in [6, 6.07) is 28.8.